The molecule has 0 saturated carbocycles. The van der Waals surface area contributed by atoms with Gasteiger partial charge in [0.2, 0.25) is 0 Å². The molecule has 3 rings (SSSR count). The molecule has 0 atom stereocenters. The highest BCUT2D eigenvalue weighted by Gasteiger charge is 2.07. The lowest BCUT2D eigenvalue weighted by Gasteiger charge is -2.12. The van der Waals surface area contributed by atoms with Crippen molar-refractivity contribution in [2.75, 3.05) is 6.61 Å². The van der Waals surface area contributed by atoms with Crippen molar-refractivity contribution in [3.63, 3.8) is 0 Å². The summed E-state index contributed by atoms with van der Waals surface area (Å²) < 4.78 is 7.35. The zero-order chi connectivity index (χ0) is 17.1. The van der Waals surface area contributed by atoms with Crippen molar-refractivity contribution >= 4 is 11.3 Å². The van der Waals surface area contributed by atoms with Gasteiger partial charge in [-0.2, -0.15) is 5.10 Å². The molecule has 0 unspecified atom stereocenters. The van der Waals surface area contributed by atoms with Gasteiger partial charge in [0.1, 0.15) is 18.1 Å². The third-order valence-electron chi connectivity index (χ3n) is 3.82. The first-order chi connectivity index (χ1) is 11.5. The molecule has 2 heterocycles. The van der Waals surface area contributed by atoms with Crippen LogP contribution >= 0.6 is 11.3 Å². The predicted octanol–water partition coefficient (Wildman–Crippen LogP) is 3.98. The van der Waals surface area contributed by atoms with Crippen molar-refractivity contribution in [1.82, 2.24) is 9.78 Å². The number of hydrogen-bond donors (Lipinski definition) is 0. The van der Waals surface area contributed by atoms with E-state index in [0.717, 1.165) is 27.4 Å². The molecular weight excluding hydrogens is 320 g/mol. The van der Waals surface area contributed by atoms with Crippen LogP contribution in [0.1, 0.15) is 16.0 Å². The van der Waals surface area contributed by atoms with Crippen LogP contribution in [0.5, 0.6) is 5.75 Å². The van der Waals surface area contributed by atoms with E-state index >= 15 is 0 Å². The van der Waals surface area contributed by atoms with Gasteiger partial charge < -0.3 is 4.74 Å². The highest BCUT2D eigenvalue weighted by molar-refractivity contribution is 7.15. The van der Waals surface area contributed by atoms with Gasteiger partial charge >= 0.3 is 0 Å². The lowest BCUT2D eigenvalue weighted by Crippen LogP contribution is -2.25. The summed E-state index contributed by atoms with van der Waals surface area (Å²) in [6.07, 6.45) is 0. The third kappa shape index (κ3) is 3.57. The number of aryl methyl sites for hydroxylation is 3. The van der Waals surface area contributed by atoms with Gasteiger partial charge in [0, 0.05) is 10.9 Å². The molecule has 0 spiro atoms. The average molecular weight is 340 g/mol. The predicted molar refractivity (Wildman–Crippen MR) is 98.0 cm³/mol. The molecule has 0 saturated heterocycles. The second-order valence-electron chi connectivity index (χ2n) is 5.76. The quantitative estimate of drug-likeness (QED) is 0.706. The van der Waals surface area contributed by atoms with E-state index in [1.165, 1.54) is 9.56 Å². The third-order valence-corrected chi connectivity index (χ3v) is 4.84. The van der Waals surface area contributed by atoms with Crippen LogP contribution in [0.3, 0.4) is 0 Å². The van der Waals surface area contributed by atoms with E-state index in [4.69, 9.17) is 4.74 Å². The molecule has 0 aliphatic heterocycles. The molecule has 0 radical (unpaired) electrons. The Kier molecular flexibility index (Phi) is 4.81. The molecule has 1 aromatic carbocycles. The molecule has 0 amide bonds. The van der Waals surface area contributed by atoms with E-state index in [1.807, 2.05) is 38.1 Å². The first kappa shape index (κ1) is 16.5. The highest BCUT2D eigenvalue weighted by Crippen LogP contribution is 2.25. The van der Waals surface area contributed by atoms with Crippen LogP contribution in [0.2, 0.25) is 0 Å². The first-order valence-corrected chi connectivity index (χ1v) is 8.70. The van der Waals surface area contributed by atoms with E-state index in [1.54, 1.807) is 23.5 Å². The molecule has 2 aromatic heterocycles. The summed E-state index contributed by atoms with van der Waals surface area (Å²) >= 11 is 1.67. The van der Waals surface area contributed by atoms with Crippen molar-refractivity contribution in [3.05, 3.63) is 68.8 Å². The Bertz CT molecular complexity index is 891. The molecule has 3 aromatic rings. The maximum Gasteiger partial charge on any atom is 0.266 e. The molecule has 24 heavy (non-hydrogen) atoms. The fourth-order valence-electron chi connectivity index (χ4n) is 2.57. The van der Waals surface area contributed by atoms with Crippen LogP contribution in [-0.2, 0) is 6.54 Å². The van der Waals surface area contributed by atoms with Crippen LogP contribution in [0, 0.1) is 20.8 Å². The Balaban J connectivity index is 1.74. The fourth-order valence-corrected chi connectivity index (χ4v) is 3.41. The Morgan fingerprint density at radius 1 is 1.04 bits per heavy atom. The first-order valence-electron chi connectivity index (χ1n) is 7.88. The number of aromatic nitrogens is 2. The van der Waals surface area contributed by atoms with Crippen molar-refractivity contribution < 1.29 is 4.74 Å². The standard InChI is InChI=1S/C19H20N2O2S/c1-13-5-4-6-14(2)19(13)23-12-11-21-18(22)10-8-16(20-21)17-9-7-15(3)24-17/h4-10H,11-12H2,1-3H3. The topological polar surface area (TPSA) is 44.1 Å². The van der Waals surface area contributed by atoms with Crippen molar-refractivity contribution in [3.8, 4) is 16.3 Å². The number of para-hydroxylation sites is 1. The minimum Gasteiger partial charge on any atom is -0.491 e. The number of thiophene rings is 1. The second-order valence-corrected chi connectivity index (χ2v) is 7.05. The SMILES string of the molecule is Cc1ccc(-c2ccc(=O)n(CCOc3c(C)cccc3C)n2)s1. The van der Waals surface area contributed by atoms with Gasteiger partial charge in [0.15, 0.2) is 0 Å². The second kappa shape index (κ2) is 7.01. The summed E-state index contributed by atoms with van der Waals surface area (Å²) in [5.41, 5.74) is 2.90. The highest BCUT2D eigenvalue weighted by atomic mass is 32.1. The Morgan fingerprint density at radius 3 is 2.46 bits per heavy atom. The van der Waals surface area contributed by atoms with E-state index in [2.05, 4.69) is 18.1 Å². The molecular formula is C19H20N2O2S. The number of rotatable bonds is 5. The van der Waals surface area contributed by atoms with Crippen LogP contribution in [0.4, 0.5) is 0 Å². The number of nitrogens with zero attached hydrogens (tertiary/aromatic N) is 2. The molecule has 0 aliphatic carbocycles. The van der Waals surface area contributed by atoms with Crippen molar-refractivity contribution in [2.24, 2.45) is 0 Å². The van der Waals surface area contributed by atoms with Gasteiger partial charge in [-0.3, -0.25) is 4.79 Å². The summed E-state index contributed by atoms with van der Waals surface area (Å²) in [6, 6.07) is 13.5. The fraction of sp³-hybridized carbons (Fsp3) is 0.263. The minimum absolute atomic E-state index is 0.114. The molecule has 0 N–H and O–H groups in total. The van der Waals surface area contributed by atoms with Crippen LogP contribution in [-0.4, -0.2) is 16.4 Å². The van der Waals surface area contributed by atoms with E-state index in [0.29, 0.717) is 13.2 Å². The van der Waals surface area contributed by atoms with E-state index in [-0.39, 0.29) is 5.56 Å². The van der Waals surface area contributed by atoms with Crippen molar-refractivity contribution in [1.29, 1.82) is 0 Å². The lowest BCUT2D eigenvalue weighted by atomic mass is 10.1. The van der Waals surface area contributed by atoms with Crippen molar-refractivity contribution in [2.45, 2.75) is 27.3 Å². The van der Waals surface area contributed by atoms with Gasteiger partial charge in [-0.1, -0.05) is 18.2 Å². The van der Waals surface area contributed by atoms with Crippen LogP contribution < -0.4 is 10.3 Å². The van der Waals surface area contributed by atoms with E-state index in [9.17, 15) is 4.79 Å². The number of hydrogen-bond acceptors (Lipinski definition) is 4. The van der Waals surface area contributed by atoms with Gasteiger partial charge in [-0.25, -0.2) is 4.68 Å². The summed E-state index contributed by atoms with van der Waals surface area (Å²) in [5, 5.41) is 4.47. The number of benzene rings is 1. The molecule has 0 bridgehead atoms. The van der Waals surface area contributed by atoms with Gasteiger partial charge in [0.05, 0.1) is 11.4 Å². The maximum absolute atomic E-state index is 12.0. The normalized spacial score (nSPS) is 10.8. The Morgan fingerprint density at radius 2 is 1.79 bits per heavy atom. The molecule has 0 fully saturated rings. The summed E-state index contributed by atoms with van der Waals surface area (Å²) in [7, 11) is 0. The number of ether oxygens (including phenoxy) is 1. The maximum atomic E-state index is 12.0. The Labute approximate surface area is 145 Å². The molecule has 4 nitrogen and oxygen atoms in total. The lowest BCUT2D eigenvalue weighted by molar-refractivity contribution is 0.284. The Hall–Kier alpha value is -2.40. The average Bonchev–Trinajstić information content (AvgIpc) is 2.98. The monoisotopic (exact) mass is 340 g/mol. The van der Waals surface area contributed by atoms with Gasteiger partial charge in [0.25, 0.3) is 5.56 Å². The van der Waals surface area contributed by atoms with Gasteiger partial charge in [-0.05, 0) is 50.1 Å². The van der Waals surface area contributed by atoms with Gasteiger partial charge in [-0.15, -0.1) is 11.3 Å². The zero-order valence-corrected chi connectivity index (χ0v) is 14.9. The molecule has 0 aliphatic rings. The smallest absolute Gasteiger partial charge is 0.266 e. The summed E-state index contributed by atoms with van der Waals surface area (Å²) in [6.45, 7) is 6.93. The zero-order valence-electron chi connectivity index (χ0n) is 14.1. The van der Waals surface area contributed by atoms with Crippen LogP contribution in [0.15, 0.2) is 47.3 Å². The largest absolute Gasteiger partial charge is 0.491 e. The summed E-state index contributed by atoms with van der Waals surface area (Å²) in [4.78, 5) is 14.3. The summed E-state index contributed by atoms with van der Waals surface area (Å²) in [5.74, 6) is 0.885. The molecule has 124 valence electrons. The van der Waals surface area contributed by atoms with E-state index < -0.39 is 0 Å². The minimum atomic E-state index is -0.114. The molecule has 5 heteroatoms. The van der Waals surface area contributed by atoms with Crippen LogP contribution in [0.25, 0.3) is 10.6 Å².